The normalized spacial score (nSPS) is 11.5. The first-order valence-electron chi connectivity index (χ1n) is 12.4. The SMILES string of the molecule is CCn1c2ccccc2c2cc(NC(=O)COc3ccc(N(Cc4ccccc4)S(C)(=O)=O)cc3)ccc21. The number of carbonyl (C=O) groups is 1. The summed E-state index contributed by atoms with van der Waals surface area (Å²) in [7, 11) is -3.49. The summed E-state index contributed by atoms with van der Waals surface area (Å²) in [5, 5.41) is 5.14. The van der Waals surface area contributed by atoms with E-state index >= 15 is 0 Å². The lowest BCUT2D eigenvalue weighted by Crippen LogP contribution is -2.29. The van der Waals surface area contributed by atoms with Crippen LogP contribution in [-0.2, 0) is 27.9 Å². The maximum absolute atomic E-state index is 12.6. The van der Waals surface area contributed by atoms with Crippen LogP contribution in [0.1, 0.15) is 12.5 Å². The third-order valence-electron chi connectivity index (χ3n) is 6.44. The zero-order valence-electron chi connectivity index (χ0n) is 21.3. The number of aromatic nitrogens is 1. The van der Waals surface area contributed by atoms with Crippen molar-refractivity contribution in [1.82, 2.24) is 4.57 Å². The molecular weight excluding hydrogens is 498 g/mol. The van der Waals surface area contributed by atoms with Crippen LogP contribution >= 0.6 is 0 Å². The molecule has 0 radical (unpaired) electrons. The highest BCUT2D eigenvalue weighted by Gasteiger charge is 2.18. The molecule has 1 N–H and O–H groups in total. The fourth-order valence-corrected chi connectivity index (χ4v) is 5.56. The topological polar surface area (TPSA) is 80.6 Å². The van der Waals surface area contributed by atoms with Gasteiger partial charge in [-0.25, -0.2) is 8.42 Å². The van der Waals surface area contributed by atoms with E-state index in [1.165, 1.54) is 16.1 Å². The zero-order chi connectivity index (χ0) is 26.7. The minimum absolute atomic E-state index is 0.173. The van der Waals surface area contributed by atoms with Crippen molar-refractivity contribution in [3.05, 3.63) is 103 Å². The van der Waals surface area contributed by atoms with Gasteiger partial charge in [0.2, 0.25) is 10.0 Å². The number of para-hydroxylation sites is 1. The summed E-state index contributed by atoms with van der Waals surface area (Å²) < 4.78 is 34.1. The third kappa shape index (κ3) is 5.35. The van der Waals surface area contributed by atoms with Gasteiger partial charge in [0.25, 0.3) is 5.91 Å². The number of hydrogen-bond acceptors (Lipinski definition) is 4. The number of ether oxygens (including phenoxy) is 1. The largest absolute Gasteiger partial charge is 0.484 e. The van der Waals surface area contributed by atoms with Crippen LogP contribution in [0, 0.1) is 0 Å². The van der Waals surface area contributed by atoms with Gasteiger partial charge in [0.05, 0.1) is 18.5 Å². The Balaban J connectivity index is 1.25. The molecule has 0 aliphatic heterocycles. The summed E-state index contributed by atoms with van der Waals surface area (Å²) in [6.07, 6.45) is 1.18. The number of nitrogens with one attached hydrogen (secondary N) is 1. The summed E-state index contributed by atoms with van der Waals surface area (Å²) in [6.45, 7) is 3.03. The number of anilines is 2. The van der Waals surface area contributed by atoms with Crippen LogP contribution in [0.25, 0.3) is 21.8 Å². The monoisotopic (exact) mass is 527 g/mol. The first kappa shape index (κ1) is 25.4. The highest BCUT2D eigenvalue weighted by Crippen LogP contribution is 2.31. The van der Waals surface area contributed by atoms with Crippen molar-refractivity contribution in [2.45, 2.75) is 20.0 Å². The fraction of sp³-hybridized carbons (Fsp3) is 0.167. The number of nitrogens with zero attached hydrogens (tertiary/aromatic N) is 2. The number of fused-ring (bicyclic) bond motifs is 3. The number of aryl methyl sites for hydroxylation is 1. The Hall–Kier alpha value is -4.30. The summed E-state index contributed by atoms with van der Waals surface area (Å²) in [6, 6.07) is 30.2. The van der Waals surface area contributed by atoms with Gasteiger partial charge in [-0.1, -0.05) is 48.5 Å². The highest BCUT2D eigenvalue weighted by atomic mass is 32.2. The fourth-order valence-electron chi connectivity index (χ4n) is 4.68. The summed E-state index contributed by atoms with van der Waals surface area (Å²) in [5.41, 5.74) is 4.39. The van der Waals surface area contributed by atoms with Crippen LogP contribution in [0.4, 0.5) is 11.4 Å². The van der Waals surface area contributed by atoms with Crippen LogP contribution in [-0.4, -0.2) is 31.8 Å². The van der Waals surface area contributed by atoms with Gasteiger partial charge in [-0.05, 0) is 61.0 Å². The summed E-state index contributed by atoms with van der Waals surface area (Å²) in [5.74, 6) is 0.188. The maximum atomic E-state index is 12.6. The number of rotatable bonds is 9. The molecule has 1 heterocycles. The molecule has 5 aromatic rings. The van der Waals surface area contributed by atoms with Crippen LogP contribution in [0.2, 0.25) is 0 Å². The molecule has 0 aliphatic carbocycles. The van der Waals surface area contributed by atoms with Gasteiger partial charge in [0, 0.05) is 34.0 Å². The van der Waals surface area contributed by atoms with Crippen molar-refractivity contribution in [3.63, 3.8) is 0 Å². The van der Waals surface area contributed by atoms with Gasteiger partial charge in [0.1, 0.15) is 5.75 Å². The van der Waals surface area contributed by atoms with Crippen LogP contribution < -0.4 is 14.4 Å². The number of amides is 1. The van der Waals surface area contributed by atoms with Gasteiger partial charge in [-0.15, -0.1) is 0 Å². The predicted octanol–water partition coefficient (Wildman–Crippen LogP) is 5.80. The van der Waals surface area contributed by atoms with E-state index in [0.29, 0.717) is 17.1 Å². The van der Waals surface area contributed by atoms with Gasteiger partial charge in [-0.2, -0.15) is 0 Å². The van der Waals surface area contributed by atoms with Gasteiger partial charge >= 0.3 is 0 Å². The van der Waals surface area contributed by atoms with E-state index in [9.17, 15) is 13.2 Å². The first-order chi connectivity index (χ1) is 18.3. The average molecular weight is 528 g/mol. The molecular formula is C30H29N3O4S. The molecule has 38 heavy (non-hydrogen) atoms. The van der Waals surface area contributed by atoms with Crippen molar-refractivity contribution in [2.24, 2.45) is 0 Å². The Morgan fingerprint density at radius 1 is 0.868 bits per heavy atom. The lowest BCUT2D eigenvalue weighted by molar-refractivity contribution is -0.118. The molecule has 0 bridgehead atoms. The molecule has 7 nitrogen and oxygen atoms in total. The van der Waals surface area contributed by atoms with E-state index in [0.717, 1.165) is 28.4 Å². The zero-order valence-corrected chi connectivity index (χ0v) is 22.1. The second-order valence-electron chi connectivity index (χ2n) is 9.08. The molecule has 8 heteroatoms. The van der Waals surface area contributed by atoms with Crippen LogP contribution in [0.5, 0.6) is 5.75 Å². The van der Waals surface area contributed by atoms with Crippen molar-refractivity contribution in [3.8, 4) is 5.75 Å². The molecule has 0 unspecified atom stereocenters. The Morgan fingerprint density at radius 2 is 1.55 bits per heavy atom. The molecule has 0 atom stereocenters. The number of carbonyl (C=O) groups excluding carboxylic acids is 1. The quantitative estimate of drug-likeness (QED) is 0.263. The molecule has 0 saturated heterocycles. The number of sulfonamides is 1. The molecule has 1 amide bonds. The second kappa shape index (κ2) is 10.6. The smallest absolute Gasteiger partial charge is 0.262 e. The van der Waals surface area contributed by atoms with E-state index in [4.69, 9.17) is 4.74 Å². The van der Waals surface area contributed by atoms with Crippen molar-refractivity contribution < 1.29 is 17.9 Å². The third-order valence-corrected chi connectivity index (χ3v) is 7.58. The summed E-state index contributed by atoms with van der Waals surface area (Å²) >= 11 is 0. The second-order valence-corrected chi connectivity index (χ2v) is 11.0. The lowest BCUT2D eigenvalue weighted by Gasteiger charge is -2.22. The Bertz CT molecular complexity index is 1690. The van der Waals surface area contributed by atoms with Crippen molar-refractivity contribution >= 4 is 49.1 Å². The molecule has 0 spiro atoms. The molecule has 5 rings (SSSR count). The van der Waals surface area contributed by atoms with E-state index in [1.54, 1.807) is 24.3 Å². The highest BCUT2D eigenvalue weighted by molar-refractivity contribution is 7.92. The van der Waals surface area contributed by atoms with E-state index in [2.05, 4.69) is 28.9 Å². The number of benzene rings is 4. The Morgan fingerprint density at radius 3 is 2.26 bits per heavy atom. The summed E-state index contributed by atoms with van der Waals surface area (Å²) in [4.78, 5) is 12.6. The van der Waals surface area contributed by atoms with E-state index < -0.39 is 10.0 Å². The molecule has 1 aromatic heterocycles. The standard InChI is InChI=1S/C30H29N3O4S/c1-3-32-28-12-8-7-11-26(28)27-19-23(13-18-29(27)32)31-30(34)21-37-25-16-14-24(15-17-25)33(38(2,35)36)20-22-9-5-4-6-10-22/h4-19H,3,20-21H2,1-2H3,(H,31,34). The van der Waals surface area contributed by atoms with Crippen LogP contribution in [0.3, 0.4) is 0 Å². The molecule has 0 aliphatic rings. The Labute approximate surface area is 222 Å². The first-order valence-corrected chi connectivity index (χ1v) is 14.2. The molecule has 0 saturated carbocycles. The van der Waals surface area contributed by atoms with Gasteiger partial charge in [-0.3, -0.25) is 9.10 Å². The van der Waals surface area contributed by atoms with Gasteiger partial charge < -0.3 is 14.6 Å². The molecule has 0 fully saturated rings. The minimum Gasteiger partial charge on any atom is -0.484 e. The predicted molar refractivity (Wildman–Crippen MR) is 153 cm³/mol. The van der Waals surface area contributed by atoms with E-state index in [-0.39, 0.29) is 19.1 Å². The van der Waals surface area contributed by atoms with E-state index in [1.807, 2.05) is 60.7 Å². The number of hydrogen-bond donors (Lipinski definition) is 1. The molecule has 4 aromatic carbocycles. The van der Waals surface area contributed by atoms with Crippen molar-refractivity contribution in [2.75, 3.05) is 22.5 Å². The minimum atomic E-state index is -3.49. The molecule has 194 valence electrons. The van der Waals surface area contributed by atoms with Crippen molar-refractivity contribution in [1.29, 1.82) is 0 Å². The van der Waals surface area contributed by atoms with Gasteiger partial charge in [0.15, 0.2) is 6.61 Å². The Kier molecular flexibility index (Phi) is 7.07. The maximum Gasteiger partial charge on any atom is 0.262 e. The lowest BCUT2D eigenvalue weighted by atomic mass is 10.1. The van der Waals surface area contributed by atoms with Crippen LogP contribution in [0.15, 0.2) is 97.1 Å². The average Bonchev–Trinajstić information content (AvgIpc) is 3.24.